The van der Waals surface area contributed by atoms with Crippen LogP contribution in [0.25, 0.3) is 93.5 Å². The minimum atomic E-state index is 0.942. The third kappa shape index (κ3) is 5.63. The van der Waals surface area contributed by atoms with Crippen LogP contribution < -0.4 is 0 Å². The van der Waals surface area contributed by atoms with Crippen molar-refractivity contribution in [3.63, 3.8) is 0 Å². The molecule has 8 aromatic carbocycles. The number of fused-ring (bicyclic) bond motifs is 5. The third-order valence-corrected chi connectivity index (χ3v) is 10.7. The molecule has 0 saturated carbocycles. The Labute approximate surface area is 319 Å². The molecule has 0 spiro atoms. The lowest BCUT2D eigenvalue weighted by Crippen LogP contribution is -1.95. The van der Waals surface area contributed by atoms with Gasteiger partial charge in [0.15, 0.2) is 0 Å². The highest BCUT2D eigenvalue weighted by atomic mass is 14.3. The lowest BCUT2D eigenvalue weighted by atomic mass is 9.82. The Morgan fingerprint density at radius 1 is 0.426 bits per heavy atom. The van der Waals surface area contributed by atoms with E-state index in [1.54, 1.807) is 0 Å². The SMILES string of the molecule is C=C.CC.Cc1cccc(-c2ccc(-c3ccc4c5c(cccc35)-c3c-4c(-c4ccccc4)c4ccccc4c3C3=CC=CCC=C3)c3ccccc23)c1. The van der Waals surface area contributed by atoms with Gasteiger partial charge in [-0.15, -0.1) is 13.2 Å². The highest BCUT2D eigenvalue weighted by Crippen LogP contribution is 2.58. The Balaban J connectivity index is 0.00000100. The van der Waals surface area contributed by atoms with Crippen LogP contribution >= 0.6 is 0 Å². The molecule has 2 aliphatic carbocycles. The highest BCUT2D eigenvalue weighted by Gasteiger charge is 2.31. The van der Waals surface area contributed by atoms with Crippen molar-refractivity contribution in [2.75, 3.05) is 0 Å². The van der Waals surface area contributed by atoms with E-state index in [0.29, 0.717) is 0 Å². The van der Waals surface area contributed by atoms with Gasteiger partial charge < -0.3 is 0 Å². The number of aryl methyl sites for hydroxylation is 1. The maximum absolute atomic E-state index is 3.00. The van der Waals surface area contributed by atoms with Crippen LogP contribution in [0.15, 0.2) is 189 Å². The summed E-state index contributed by atoms with van der Waals surface area (Å²) in [7, 11) is 0. The summed E-state index contributed by atoms with van der Waals surface area (Å²) in [4.78, 5) is 0. The molecule has 0 aliphatic heterocycles. The molecule has 8 aromatic rings. The van der Waals surface area contributed by atoms with Crippen LogP contribution in [0, 0.1) is 6.92 Å². The van der Waals surface area contributed by atoms with Crippen molar-refractivity contribution in [3.05, 3.63) is 200 Å². The topological polar surface area (TPSA) is 0 Å². The summed E-state index contributed by atoms with van der Waals surface area (Å²) in [6.07, 6.45) is 12.3. The minimum absolute atomic E-state index is 0.942. The van der Waals surface area contributed by atoms with Gasteiger partial charge in [0.2, 0.25) is 0 Å². The van der Waals surface area contributed by atoms with E-state index < -0.39 is 0 Å². The molecule has 0 aromatic heterocycles. The van der Waals surface area contributed by atoms with E-state index in [9.17, 15) is 0 Å². The molecule has 0 bridgehead atoms. The summed E-state index contributed by atoms with van der Waals surface area (Å²) in [5.41, 5.74) is 16.8. The van der Waals surface area contributed by atoms with Gasteiger partial charge in [-0.1, -0.05) is 195 Å². The van der Waals surface area contributed by atoms with Crippen molar-refractivity contribution in [3.8, 4) is 55.6 Å². The molecule has 0 unspecified atom stereocenters. The van der Waals surface area contributed by atoms with Gasteiger partial charge in [0.25, 0.3) is 0 Å². The molecule has 54 heavy (non-hydrogen) atoms. The van der Waals surface area contributed by atoms with Crippen LogP contribution in [0.3, 0.4) is 0 Å². The molecular weight excluding hydrogens is 649 g/mol. The molecule has 10 rings (SSSR count). The zero-order valence-corrected chi connectivity index (χ0v) is 31.4. The summed E-state index contributed by atoms with van der Waals surface area (Å²) in [5.74, 6) is 0. The van der Waals surface area contributed by atoms with Crippen LogP contribution in [0.5, 0.6) is 0 Å². The Bertz CT molecular complexity index is 2790. The molecule has 2 aliphatic rings. The fourth-order valence-electron chi connectivity index (χ4n) is 8.58. The van der Waals surface area contributed by atoms with Gasteiger partial charge in [0.1, 0.15) is 0 Å². The number of rotatable bonds is 4. The van der Waals surface area contributed by atoms with Crippen molar-refractivity contribution in [2.45, 2.75) is 27.2 Å². The molecule has 0 radical (unpaired) electrons. The van der Waals surface area contributed by atoms with Gasteiger partial charge >= 0.3 is 0 Å². The van der Waals surface area contributed by atoms with Gasteiger partial charge in [-0.2, -0.15) is 0 Å². The maximum Gasteiger partial charge on any atom is -0.000741 e. The number of allylic oxidation sites excluding steroid dienone is 6. The van der Waals surface area contributed by atoms with E-state index in [0.717, 1.165) is 6.42 Å². The first kappa shape index (κ1) is 34.6. The molecule has 0 heteroatoms. The fourth-order valence-corrected chi connectivity index (χ4v) is 8.58. The lowest BCUT2D eigenvalue weighted by molar-refractivity contribution is 1.41. The second-order valence-electron chi connectivity index (χ2n) is 13.6. The number of benzene rings is 8. The largest absolute Gasteiger partial charge is 0.106 e. The Kier molecular flexibility index (Phi) is 9.51. The van der Waals surface area contributed by atoms with E-state index >= 15 is 0 Å². The molecule has 0 heterocycles. The van der Waals surface area contributed by atoms with E-state index in [-0.39, 0.29) is 0 Å². The third-order valence-electron chi connectivity index (χ3n) is 10.7. The smallest absolute Gasteiger partial charge is 0.000741 e. The molecule has 0 atom stereocenters. The van der Waals surface area contributed by atoms with Gasteiger partial charge in [-0.3, -0.25) is 0 Å². The first-order valence-electron chi connectivity index (χ1n) is 19.1. The summed E-state index contributed by atoms with van der Waals surface area (Å²) < 4.78 is 0. The summed E-state index contributed by atoms with van der Waals surface area (Å²) in [5, 5.41) is 7.77. The lowest BCUT2D eigenvalue weighted by Gasteiger charge is -2.20. The zero-order chi connectivity index (χ0) is 37.2. The summed E-state index contributed by atoms with van der Waals surface area (Å²) in [6, 6.07) is 54.1. The molecular formula is C54H44. The molecule has 260 valence electrons. The van der Waals surface area contributed by atoms with Crippen molar-refractivity contribution in [1.29, 1.82) is 0 Å². The first-order valence-corrected chi connectivity index (χ1v) is 19.1. The fraction of sp³-hybridized carbons (Fsp3) is 0.0741. The Morgan fingerprint density at radius 2 is 0.963 bits per heavy atom. The molecule has 0 fully saturated rings. The average molecular weight is 693 g/mol. The molecule has 0 nitrogen and oxygen atoms in total. The maximum atomic E-state index is 3.00. The van der Waals surface area contributed by atoms with Gasteiger partial charge in [-0.25, -0.2) is 0 Å². The molecule has 0 amide bonds. The van der Waals surface area contributed by atoms with Crippen LogP contribution in [-0.2, 0) is 0 Å². The van der Waals surface area contributed by atoms with Gasteiger partial charge in [0.05, 0.1) is 0 Å². The van der Waals surface area contributed by atoms with Crippen molar-refractivity contribution < 1.29 is 0 Å². The Morgan fingerprint density at radius 3 is 1.70 bits per heavy atom. The zero-order valence-electron chi connectivity index (χ0n) is 31.4. The van der Waals surface area contributed by atoms with Crippen LogP contribution in [0.4, 0.5) is 0 Å². The van der Waals surface area contributed by atoms with E-state index in [4.69, 9.17) is 0 Å². The molecule has 0 saturated heterocycles. The standard InChI is InChI=1S/C50H34.C2H6.C2H4/c1-32-15-13-20-35(31-32)36-27-28-39(38-22-10-9-21-37(36)38)40-29-30-45-48-41(40)25-14-26-44(48)49-46(33-16-5-2-3-6-17-33)42-23-11-12-24-43(42)47(50(45)49)34-18-7-4-8-19-34;2*1-2/h2,4-31H,3H2,1H3;1-2H3;1-2H2. The predicted octanol–water partition coefficient (Wildman–Crippen LogP) is 15.8. The second kappa shape index (κ2) is 14.9. The van der Waals surface area contributed by atoms with Crippen molar-refractivity contribution in [2.24, 2.45) is 0 Å². The van der Waals surface area contributed by atoms with Crippen LogP contribution in [0.1, 0.15) is 31.4 Å². The second-order valence-corrected chi connectivity index (χ2v) is 13.6. The normalized spacial score (nSPS) is 12.4. The quantitative estimate of drug-likeness (QED) is 0.161. The minimum Gasteiger partial charge on any atom is -0.106 e. The monoisotopic (exact) mass is 692 g/mol. The highest BCUT2D eigenvalue weighted by molar-refractivity contribution is 6.28. The summed E-state index contributed by atoms with van der Waals surface area (Å²) >= 11 is 0. The van der Waals surface area contributed by atoms with Crippen LogP contribution in [-0.4, -0.2) is 0 Å². The molecule has 0 N–H and O–H groups in total. The number of hydrogen-bond acceptors (Lipinski definition) is 0. The first-order chi connectivity index (χ1) is 26.8. The average Bonchev–Trinajstić information content (AvgIpc) is 3.36. The van der Waals surface area contributed by atoms with Crippen LogP contribution in [0.2, 0.25) is 0 Å². The van der Waals surface area contributed by atoms with E-state index in [1.807, 2.05) is 13.8 Å². The van der Waals surface area contributed by atoms with Gasteiger partial charge in [-0.05, 0) is 112 Å². The Hall–Kier alpha value is -6.50. The van der Waals surface area contributed by atoms with Crippen molar-refractivity contribution >= 4 is 37.9 Å². The van der Waals surface area contributed by atoms with Gasteiger partial charge in [0, 0.05) is 0 Å². The van der Waals surface area contributed by atoms with Crippen molar-refractivity contribution in [1.82, 2.24) is 0 Å². The van der Waals surface area contributed by atoms with E-state index in [1.165, 1.54) is 105 Å². The predicted molar refractivity (Wildman–Crippen MR) is 238 cm³/mol. The summed E-state index contributed by atoms with van der Waals surface area (Å²) in [6.45, 7) is 12.2. The van der Waals surface area contributed by atoms with E-state index in [2.05, 4.69) is 196 Å². The number of hydrogen-bond donors (Lipinski definition) is 0.